The van der Waals surface area contributed by atoms with Gasteiger partial charge in [-0.2, -0.15) is 5.10 Å². The normalized spacial score (nSPS) is 10.2. The third-order valence-electron chi connectivity index (χ3n) is 1.96. The highest BCUT2D eigenvalue weighted by Crippen LogP contribution is 2.16. The van der Waals surface area contributed by atoms with Crippen LogP contribution in [0.4, 0.5) is 0 Å². The van der Waals surface area contributed by atoms with Crippen LogP contribution in [0, 0.1) is 0 Å². The quantitative estimate of drug-likeness (QED) is 0.864. The van der Waals surface area contributed by atoms with E-state index in [1.54, 1.807) is 12.1 Å². The lowest BCUT2D eigenvalue weighted by molar-refractivity contribution is 0.0702. The summed E-state index contributed by atoms with van der Waals surface area (Å²) in [5.41, 5.74) is -0.201. The monoisotopic (exact) mass is 236 g/mol. The molecule has 6 heteroatoms. The summed E-state index contributed by atoms with van der Waals surface area (Å²) >= 11 is 1.15. The maximum absolute atomic E-state index is 11.4. The van der Waals surface area contributed by atoms with Crippen LogP contribution in [-0.2, 0) is 6.54 Å². The molecule has 0 unspecified atom stereocenters. The van der Waals surface area contributed by atoms with E-state index in [4.69, 9.17) is 5.11 Å². The fraction of sp³-hybridized carbons (Fsp3) is 0.100. The van der Waals surface area contributed by atoms with Crippen molar-refractivity contribution in [3.05, 3.63) is 50.6 Å². The van der Waals surface area contributed by atoms with Gasteiger partial charge in [0, 0.05) is 17.1 Å². The van der Waals surface area contributed by atoms with E-state index in [9.17, 15) is 9.59 Å². The topological polar surface area (TPSA) is 72.2 Å². The zero-order valence-electron chi connectivity index (χ0n) is 8.16. The van der Waals surface area contributed by atoms with Gasteiger partial charge in [-0.15, -0.1) is 11.3 Å². The molecule has 0 aliphatic heterocycles. The number of aromatic carboxylic acids is 1. The zero-order valence-corrected chi connectivity index (χ0v) is 8.98. The first-order chi connectivity index (χ1) is 7.66. The van der Waals surface area contributed by atoms with Crippen molar-refractivity contribution in [2.45, 2.75) is 6.54 Å². The molecule has 0 atom stereocenters. The summed E-state index contributed by atoms with van der Waals surface area (Å²) in [5, 5.41) is 12.6. The van der Waals surface area contributed by atoms with Crippen LogP contribution in [0.5, 0.6) is 0 Å². The number of carboxylic acid groups (broad SMARTS) is 1. The van der Waals surface area contributed by atoms with E-state index in [1.807, 2.05) is 0 Å². The average Bonchev–Trinajstić information content (AvgIpc) is 2.70. The Balaban J connectivity index is 2.24. The van der Waals surface area contributed by atoms with Crippen LogP contribution in [0.3, 0.4) is 0 Å². The van der Waals surface area contributed by atoms with E-state index >= 15 is 0 Å². The van der Waals surface area contributed by atoms with E-state index < -0.39 is 5.97 Å². The zero-order chi connectivity index (χ0) is 11.5. The van der Waals surface area contributed by atoms with Gasteiger partial charge in [0.2, 0.25) is 0 Å². The molecule has 0 aromatic carbocycles. The largest absolute Gasteiger partial charge is 0.477 e. The molecule has 0 saturated heterocycles. The molecule has 2 heterocycles. The number of nitrogens with zero attached hydrogens (tertiary/aromatic N) is 2. The predicted octanol–water partition coefficient (Wildman–Crippen LogP) is 1.05. The van der Waals surface area contributed by atoms with E-state index in [0.29, 0.717) is 6.54 Å². The first kappa shape index (κ1) is 10.6. The van der Waals surface area contributed by atoms with Gasteiger partial charge < -0.3 is 5.11 Å². The van der Waals surface area contributed by atoms with Gasteiger partial charge in [-0.25, -0.2) is 9.48 Å². The molecule has 16 heavy (non-hydrogen) atoms. The van der Waals surface area contributed by atoms with Crippen LogP contribution in [0.25, 0.3) is 0 Å². The van der Waals surface area contributed by atoms with Gasteiger partial charge in [0.25, 0.3) is 5.56 Å². The molecule has 0 fully saturated rings. The third-order valence-corrected chi connectivity index (χ3v) is 3.02. The second-order valence-electron chi connectivity index (χ2n) is 3.09. The highest BCUT2D eigenvalue weighted by Gasteiger charge is 2.07. The van der Waals surface area contributed by atoms with E-state index in [1.165, 1.54) is 23.0 Å². The molecule has 0 radical (unpaired) electrons. The first-order valence-electron chi connectivity index (χ1n) is 4.51. The summed E-state index contributed by atoms with van der Waals surface area (Å²) in [5.74, 6) is -0.954. The molecule has 2 aromatic heterocycles. The van der Waals surface area contributed by atoms with Gasteiger partial charge in [-0.05, 0) is 18.2 Å². The first-order valence-corrected chi connectivity index (χ1v) is 5.32. The van der Waals surface area contributed by atoms with E-state index in [2.05, 4.69) is 5.10 Å². The predicted molar refractivity (Wildman–Crippen MR) is 58.9 cm³/mol. The molecule has 0 saturated carbocycles. The van der Waals surface area contributed by atoms with Crippen LogP contribution in [0.2, 0.25) is 0 Å². The maximum Gasteiger partial charge on any atom is 0.345 e. The maximum atomic E-state index is 11.4. The fourth-order valence-corrected chi connectivity index (χ4v) is 2.06. The lowest BCUT2D eigenvalue weighted by atomic mass is 10.4. The highest BCUT2D eigenvalue weighted by atomic mass is 32.1. The van der Waals surface area contributed by atoms with Gasteiger partial charge in [0.05, 0.1) is 6.54 Å². The van der Waals surface area contributed by atoms with Gasteiger partial charge in [-0.1, -0.05) is 0 Å². The summed E-state index contributed by atoms with van der Waals surface area (Å²) in [4.78, 5) is 23.1. The second-order valence-corrected chi connectivity index (χ2v) is 4.26. The van der Waals surface area contributed by atoms with Crippen molar-refractivity contribution in [2.75, 3.05) is 0 Å². The Bertz CT molecular complexity index is 573. The Kier molecular flexibility index (Phi) is 2.82. The summed E-state index contributed by atoms with van der Waals surface area (Å²) in [6.07, 6.45) is 1.52. The Labute approximate surface area is 94.6 Å². The molecule has 2 aromatic rings. The molecule has 2 rings (SSSR count). The molecule has 0 aliphatic carbocycles. The number of hydrogen-bond donors (Lipinski definition) is 1. The van der Waals surface area contributed by atoms with Gasteiger partial charge >= 0.3 is 5.97 Å². The lowest BCUT2D eigenvalue weighted by Crippen LogP contribution is -2.21. The molecule has 0 amide bonds. The van der Waals surface area contributed by atoms with Crippen molar-refractivity contribution in [2.24, 2.45) is 0 Å². The molecular weight excluding hydrogens is 228 g/mol. The van der Waals surface area contributed by atoms with Crippen LogP contribution in [0.15, 0.2) is 35.3 Å². The van der Waals surface area contributed by atoms with Crippen LogP contribution in [-0.4, -0.2) is 20.9 Å². The number of hydrogen-bond acceptors (Lipinski definition) is 4. The molecular formula is C10H8N2O3S. The molecule has 5 nitrogen and oxygen atoms in total. The van der Waals surface area contributed by atoms with Crippen LogP contribution in [0.1, 0.15) is 14.5 Å². The standard InChI is InChI=1S/C10H8N2O3S/c13-9-2-1-5-11-12(9)6-7-3-4-8(16-7)10(14)15/h1-5H,6H2,(H,14,15). The van der Waals surface area contributed by atoms with Crippen LogP contribution >= 0.6 is 11.3 Å². The number of rotatable bonds is 3. The minimum Gasteiger partial charge on any atom is -0.477 e. The molecule has 1 N–H and O–H groups in total. The van der Waals surface area contributed by atoms with Crippen molar-refractivity contribution in [3.8, 4) is 0 Å². The summed E-state index contributed by atoms with van der Waals surface area (Å²) in [7, 11) is 0. The Morgan fingerprint density at radius 3 is 2.88 bits per heavy atom. The molecule has 0 bridgehead atoms. The van der Waals surface area contributed by atoms with Crippen LogP contribution < -0.4 is 5.56 Å². The summed E-state index contributed by atoms with van der Waals surface area (Å²) in [6, 6.07) is 6.19. The van der Waals surface area contributed by atoms with Crippen molar-refractivity contribution < 1.29 is 9.90 Å². The molecule has 0 spiro atoms. The highest BCUT2D eigenvalue weighted by molar-refractivity contribution is 7.13. The number of thiophene rings is 1. The molecule has 82 valence electrons. The number of carboxylic acids is 1. The van der Waals surface area contributed by atoms with Gasteiger partial charge in [0.15, 0.2) is 0 Å². The summed E-state index contributed by atoms with van der Waals surface area (Å²) in [6.45, 7) is 0.303. The Morgan fingerprint density at radius 2 is 2.25 bits per heavy atom. The van der Waals surface area contributed by atoms with Crippen molar-refractivity contribution >= 4 is 17.3 Å². The Morgan fingerprint density at radius 1 is 1.44 bits per heavy atom. The van der Waals surface area contributed by atoms with E-state index in [-0.39, 0.29) is 10.4 Å². The minimum absolute atomic E-state index is 0.201. The smallest absolute Gasteiger partial charge is 0.345 e. The van der Waals surface area contributed by atoms with Crippen molar-refractivity contribution in [3.63, 3.8) is 0 Å². The number of carbonyl (C=O) groups is 1. The summed E-state index contributed by atoms with van der Waals surface area (Å²) < 4.78 is 1.29. The fourth-order valence-electron chi connectivity index (χ4n) is 1.23. The Hall–Kier alpha value is -1.95. The van der Waals surface area contributed by atoms with Gasteiger partial charge in [0.1, 0.15) is 4.88 Å². The lowest BCUT2D eigenvalue weighted by Gasteiger charge is -1.99. The SMILES string of the molecule is O=C(O)c1ccc(Cn2ncccc2=O)s1. The van der Waals surface area contributed by atoms with Crippen molar-refractivity contribution in [1.82, 2.24) is 9.78 Å². The third kappa shape index (κ3) is 2.17. The average molecular weight is 236 g/mol. The van der Waals surface area contributed by atoms with Crippen molar-refractivity contribution in [1.29, 1.82) is 0 Å². The van der Waals surface area contributed by atoms with E-state index in [0.717, 1.165) is 16.2 Å². The van der Waals surface area contributed by atoms with Gasteiger partial charge in [-0.3, -0.25) is 4.79 Å². The number of aromatic nitrogens is 2. The second kappa shape index (κ2) is 4.28. The minimum atomic E-state index is -0.954. The molecule has 0 aliphatic rings.